The van der Waals surface area contributed by atoms with Crippen molar-refractivity contribution in [3.63, 3.8) is 0 Å². The second-order valence-electron chi connectivity index (χ2n) is 5.23. The minimum Gasteiger partial charge on any atom is -0.466 e. The van der Waals surface area contributed by atoms with Crippen LogP contribution in [0.1, 0.15) is 52.4 Å². The van der Waals surface area contributed by atoms with Gasteiger partial charge in [0, 0.05) is 18.7 Å². The van der Waals surface area contributed by atoms with E-state index in [4.69, 9.17) is 9.84 Å². The highest BCUT2D eigenvalue weighted by molar-refractivity contribution is 5.72. The Bertz CT molecular complexity index is 237. The van der Waals surface area contributed by atoms with Crippen molar-refractivity contribution in [3.8, 4) is 0 Å². The molecule has 18 heavy (non-hydrogen) atoms. The number of ether oxygens (including phenoxy) is 1. The molecular formula is C14H27NO3. The molecule has 0 amide bonds. The van der Waals surface area contributed by atoms with Gasteiger partial charge >= 0.3 is 5.97 Å². The number of aliphatic hydroxyl groups is 1. The maximum atomic E-state index is 11.6. The van der Waals surface area contributed by atoms with Crippen LogP contribution in [0, 0.1) is 5.92 Å². The van der Waals surface area contributed by atoms with E-state index in [9.17, 15) is 4.79 Å². The van der Waals surface area contributed by atoms with E-state index < -0.39 is 0 Å². The summed E-state index contributed by atoms with van der Waals surface area (Å²) in [5, 5.41) is 12.4. The van der Waals surface area contributed by atoms with Crippen molar-refractivity contribution in [2.24, 2.45) is 5.92 Å². The van der Waals surface area contributed by atoms with Gasteiger partial charge in [-0.25, -0.2) is 0 Å². The third kappa shape index (κ3) is 5.36. The Labute approximate surface area is 110 Å². The van der Waals surface area contributed by atoms with Gasteiger partial charge in [-0.15, -0.1) is 0 Å². The van der Waals surface area contributed by atoms with Crippen LogP contribution in [0.5, 0.6) is 0 Å². The Balaban J connectivity index is 2.20. The van der Waals surface area contributed by atoms with E-state index in [1.54, 1.807) is 0 Å². The lowest BCUT2D eigenvalue weighted by Gasteiger charge is -2.30. The topological polar surface area (TPSA) is 58.6 Å². The maximum Gasteiger partial charge on any atom is 0.308 e. The second kappa shape index (κ2) is 8.48. The van der Waals surface area contributed by atoms with Gasteiger partial charge < -0.3 is 15.2 Å². The molecule has 0 radical (unpaired) electrons. The van der Waals surface area contributed by atoms with Crippen molar-refractivity contribution < 1.29 is 14.6 Å². The summed E-state index contributed by atoms with van der Waals surface area (Å²) < 4.78 is 5.06. The highest BCUT2D eigenvalue weighted by Gasteiger charge is 2.27. The summed E-state index contributed by atoms with van der Waals surface area (Å²) >= 11 is 0. The quantitative estimate of drug-likeness (QED) is 0.683. The molecule has 2 N–H and O–H groups in total. The monoisotopic (exact) mass is 257 g/mol. The van der Waals surface area contributed by atoms with Crippen LogP contribution in [0.3, 0.4) is 0 Å². The van der Waals surface area contributed by atoms with Crippen molar-refractivity contribution in [1.29, 1.82) is 0 Å². The van der Waals surface area contributed by atoms with Gasteiger partial charge in [-0.2, -0.15) is 0 Å². The Hall–Kier alpha value is -0.610. The molecule has 0 aliphatic heterocycles. The molecule has 1 aliphatic carbocycles. The lowest BCUT2D eigenvalue weighted by Crippen LogP contribution is -2.40. The van der Waals surface area contributed by atoms with Crippen molar-refractivity contribution >= 4 is 5.97 Å². The predicted molar refractivity (Wildman–Crippen MR) is 71.3 cm³/mol. The second-order valence-corrected chi connectivity index (χ2v) is 5.23. The van der Waals surface area contributed by atoms with Gasteiger partial charge in [0.25, 0.3) is 0 Å². The molecule has 0 aromatic rings. The average molecular weight is 257 g/mol. The first-order valence-corrected chi connectivity index (χ1v) is 7.20. The molecule has 1 rings (SSSR count). The largest absolute Gasteiger partial charge is 0.466 e. The first kappa shape index (κ1) is 15.4. The molecule has 4 heteroatoms. The van der Waals surface area contributed by atoms with E-state index in [1.165, 1.54) is 0 Å². The first-order chi connectivity index (χ1) is 8.67. The maximum absolute atomic E-state index is 11.6. The van der Waals surface area contributed by atoms with Gasteiger partial charge in [-0.05, 0) is 52.4 Å². The van der Waals surface area contributed by atoms with E-state index in [1.807, 2.05) is 6.92 Å². The van der Waals surface area contributed by atoms with Gasteiger partial charge in [0.05, 0.1) is 12.5 Å². The number of aliphatic hydroxyl groups excluding tert-OH is 1. The molecule has 0 heterocycles. The Morgan fingerprint density at radius 2 is 2.06 bits per heavy atom. The van der Waals surface area contributed by atoms with Gasteiger partial charge in [0.15, 0.2) is 0 Å². The summed E-state index contributed by atoms with van der Waals surface area (Å²) in [4.78, 5) is 11.6. The smallest absolute Gasteiger partial charge is 0.308 e. The van der Waals surface area contributed by atoms with Crippen molar-refractivity contribution in [2.45, 2.75) is 64.5 Å². The molecule has 0 aromatic heterocycles. The van der Waals surface area contributed by atoms with Crippen LogP contribution >= 0.6 is 0 Å². The predicted octanol–water partition coefficient (Wildman–Crippen LogP) is 1.86. The average Bonchev–Trinajstić information content (AvgIpc) is 2.37. The lowest BCUT2D eigenvalue weighted by molar-refractivity contribution is -0.149. The summed E-state index contributed by atoms with van der Waals surface area (Å²) in [5.41, 5.74) is 0. The van der Waals surface area contributed by atoms with Gasteiger partial charge in [-0.1, -0.05) is 0 Å². The number of nitrogens with one attached hydrogen (secondary N) is 1. The van der Waals surface area contributed by atoms with E-state index in [0.717, 1.165) is 38.5 Å². The van der Waals surface area contributed by atoms with Gasteiger partial charge in [0.1, 0.15) is 0 Å². The zero-order valence-corrected chi connectivity index (χ0v) is 11.7. The lowest BCUT2D eigenvalue weighted by atomic mass is 9.85. The van der Waals surface area contributed by atoms with Crippen molar-refractivity contribution in [3.05, 3.63) is 0 Å². The van der Waals surface area contributed by atoms with Crippen molar-refractivity contribution in [1.82, 2.24) is 5.32 Å². The standard InChI is InChI=1S/C14H27NO3/c1-3-18-14(17)12-6-8-13(9-7-12)15-11(2)5-4-10-16/h11-13,15-16H,3-10H2,1-2H3. The van der Waals surface area contributed by atoms with Gasteiger partial charge in [0.2, 0.25) is 0 Å². The van der Waals surface area contributed by atoms with E-state index >= 15 is 0 Å². The summed E-state index contributed by atoms with van der Waals surface area (Å²) in [5.74, 6) is 0.0834. The number of hydrogen-bond acceptors (Lipinski definition) is 4. The highest BCUT2D eigenvalue weighted by Crippen LogP contribution is 2.25. The molecule has 0 bridgehead atoms. The zero-order valence-electron chi connectivity index (χ0n) is 11.7. The fourth-order valence-corrected chi connectivity index (χ4v) is 2.64. The zero-order chi connectivity index (χ0) is 13.4. The minimum absolute atomic E-state index is 0.0238. The summed E-state index contributed by atoms with van der Waals surface area (Å²) in [7, 11) is 0. The van der Waals surface area contributed by atoms with Crippen LogP contribution < -0.4 is 5.32 Å². The van der Waals surface area contributed by atoms with E-state index in [-0.39, 0.29) is 18.5 Å². The molecule has 1 atom stereocenters. The van der Waals surface area contributed by atoms with Crippen LogP contribution in [0.4, 0.5) is 0 Å². The molecular weight excluding hydrogens is 230 g/mol. The van der Waals surface area contributed by atoms with Crippen LogP contribution in [-0.2, 0) is 9.53 Å². The Kier molecular flexibility index (Phi) is 7.28. The number of carbonyl (C=O) groups excluding carboxylic acids is 1. The SMILES string of the molecule is CCOC(=O)C1CCC(NC(C)CCCO)CC1. The van der Waals surface area contributed by atoms with E-state index in [2.05, 4.69) is 12.2 Å². The molecule has 0 spiro atoms. The summed E-state index contributed by atoms with van der Waals surface area (Å²) in [6.07, 6.45) is 5.83. The van der Waals surface area contributed by atoms with Crippen LogP contribution in [0.2, 0.25) is 0 Å². The number of esters is 1. The highest BCUT2D eigenvalue weighted by atomic mass is 16.5. The number of rotatable bonds is 7. The molecule has 1 fully saturated rings. The van der Waals surface area contributed by atoms with Crippen LogP contribution in [-0.4, -0.2) is 36.4 Å². The molecule has 0 aromatic carbocycles. The van der Waals surface area contributed by atoms with Crippen LogP contribution in [0.15, 0.2) is 0 Å². The molecule has 1 unspecified atom stereocenters. The fourth-order valence-electron chi connectivity index (χ4n) is 2.64. The third-order valence-corrected chi connectivity index (χ3v) is 3.66. The number of hydrogen-bond donors (Lipinski definition) is 2. The van der Waals surface area contributed by atoms with Crippen molar-refractivity contribution in [2.75, 3.05) is 13.2 Å². The molecule has 106 valence electrons. The molecule has 1 aliphatic rings. The van der Waals surface area contributed by atoms with Crippen LogP contribution in [0.25, 0.3) is 0 Å². The normalized spacial score (nSPS) is 25.7. The number of carbonyl (C=O) groups is 1. The Morgan fingerprint density at radius 3 is 2.61 bits per heavy atom. The molecule has 1 saturated carbocycles. The minimum atomic E-state index is -0.0238. The molecule has 0 saturated heterocycles. The fraction of sp³-hybridized carbons (Fsp3) is 0.929. The summed E-state index contributed by atoms with van der Waals surface area (Å²) in [6.45, 7) is 4.76. The molecule has 4 nitrogen and oxygen atoms in total. The Morgan fingerprint density at radius 1 is 1.39 bits per heavy atom. The van der Waals surface area contributed by atoms with E-state index in [0.29, 0.717) is 18.7 Å². The first-order valence-electron chi connectivity index (χ1n) is 7.20. The summed E-state index contributed by atoms with van der Waals surface area (Å²) in [6, 6.07) is 0.964. The third-order valence-electron chi connectivity index (χ3n) is 3.66. The van der Waals surface area contributed by atoms with Gasteiger partial charge in [-0.3, -0.25) is 4.79 Å².